The van der Waals surface area contributed by atoms with Crippen LogP contribution in [0.15, 0.2) is 9.98 Å². The molecule has 1 aliphatic heterocycles. The average Bonchev–Trinajstić information content (AvgIpc) is 3.17. The largest absolute Gasteiger partial charge is 0.270 e. The lowest BCUT2D eigenvalue weighted by atomic mass is 9.61. The van der Waals surface area contributed by atoms with Gasteiger partial charge in [0.05, 0.1) is 6.04 Å². The van der Waals surface area contributed by atoms with E-state index in [1.807, 2.05) is 6.34 Å². The molecule has 7 unspecified atom stereocenters. The molecule has 7 atom stereocenters. The minimum atomic E-state index is 0.496. The van der Waals surface area contributed by atoms with Crippen LogP contribution >= 0.6 is 22.6 Å². The summed E-state index contributed by atoms with van der Waals surface area (Å²) in [6.07, 6.45) is 16.7. The summed E-state index contributed by atoms with van der Waals surface area (Å²) in [5.41, 5.74) is 1.01. The van der Waals surface area contributed by atoms with Gasteiger partial charge in [-0.25, -0.2) is 4.99 Å². The average molecular weight is 426 g/mol. The van der Waals surface area contributed by atoms with Crippen molar-refractivity contribution in [2.24, 2.45) is 38.6 Å². The van der Waals surface area contributed by atoms with Gasteiger partial charge in [0.2, 0.25) is 0 Å². The molecule has 2 nitrogen and oxygen atoms in total. The zero-order chi connectivity index (χ0) is 16.1. The van der Waals surface area contributed by atoms with Gasteiger partial charge in [-0.1, -0.05) is 68.5 Å². The van der Waals surface area contributed by atoms with Gasteiger partial charge in [-0.2, -0.15) is 0 Å². The fraction of sp³-hybridized carbons (Fsp3) is 0.900. The predicted molar refractivity (Wildman–Crippen MR) is 107 cm³/mol. The van der Waals surface area contributed by atoms with Gasteiger partial charge in [0.25, 0.3) is 0 Å². The van der Waals surface area contributed by atoms with Crippen LogP contribution in [0.5, 0.6) is 0 Å². The third kappa shape index (κ3) is 2.38. The van der Waals surface area contributed by atoms with Gasteiger partial charge in [0.15, 0.2) is 0 Å². The Morgan fingerprint density at radius 1 is 1.04 bits per heavy atom. The molecule has 0 radical (unpaired) electrons. The molecule has 1 heterocycles. The maximum atomic E-state index is 4.90. The van der Waals surface area contributed by atoms with Crippen LogP contribution in [0.1, 0.15) is 71.6 Å². The smallest absolute Gasteiger partial charge is 0.109 e. The molecule has 128 valence electrons. The van der Waals surface area contributed by atoms with E-state index in [2.05, 4.69) is 42.7 Å². The van der Waals surface area contributed by atoms with E-state index in [4.69, 9.17) is 9.98 Å². The monoisotopic (exact) mass is 426 g/mol. The van der Waals surface area contributed by atoms with Crippen molar-refractivity contribution in [1.82, 2.24) is 0 Å². The molecule has 3 heteroatoms. The Balaban J connectivity index is 1.84. The van der Waals surface area contributed by atoms with E-state index in [0.29, 0.717) is 28.7 Å². The summed E-state index contributed by atoms with van der Waals surface area (Å²) >= 11 is 2.82. The summed E-state index contributed by atoms with van der Waals surface area (Å²) in [5, 5.41) is 0. The van der Waals surface area contributed by atoms with Crippen LogP contribution in [0.4, 0.5) is 0 Å². The first kappa shape index (κ1) is 16.5. The summed E-state index contributed by atoms with van der Waals surface area (Å²) in [7, 11) is 0. The lowest BCUT2D eigenvalue weighted by molar-refractivity contribution is 0.0751. The van der Waals surface area contributed by atoms with Gasteiger partial charge in [0.1, 0.15) is 6.34 Å². The Bertz CT molecular complexity index is 516. The molecule has 0 saturated heterocycles. The van der Waals surface area contributed by atoms with Crippen molar-refractivity contribution in [1.29, 1.82) is 0 Å². The van der Waals surface area contributed by atoms with Gasteiger partial charge in [0, 0.05) is 16.1 Å². The maximum absolute atomic E-state index is 4.90. The maximum Gasteiger partial charge on any atom is 0.109 e. The molecule has 1 spiro atoms. The molecule has 23 heavy (non-hydrogen) atoms. The van der Waals surface area contributed by atoms with Crippen molar-refractivity contribution < 1.29 is 0 Å². The van der Waals surface area contributed by atoms with E-state index in [1.165, 1.54) is 57.8 Å². The number of hydrogen-bond acceptors (Lipinski definition) is 2. The van der Waals surface area contributed by atoms with Crippen molar-refractivity contribution in [3.63, 3.8) is 0 Å². The normalized spacial score (nSPS) is 55.5. The van der Waals surface area contributed by atoms with Gasteiger partial charge >= 0.3 is 0 Å². The van der Waals surface area contributed by atoms with Crippen LogP contribution in [-0.2, 0) is 0 Å². The molecule has 4 rings (SSSR count). The van der Waals surface area contributed by atoms with E-state index in [0.717, 1.165) is 9.84 Å². The highest BCUT2D eigenvalue weighted by Crippen LogP contribution is 2.77. The van der Waals surface area contributed by atoms with Gasteiger partial charge in [-0.15, -0.1) is 0 Å². The lowest BCUT2D eigenvalue weighted by Crippen LogP contribution is -2.39. The SMILES string of the molecule is CC1C2CCCCCC3(C)CCCCC(/C=N\C=N/2)C32C(I)C12. The van der Waals surface area contributed by atoms with Crippen molar-refractivity contribution in [3.8, 4) is 0 Å². The molecular formula is C20H31IN2. The molecule has 3 fully saturated rings. The van der Waals surface area contributed by atoms with E-state index >= 15 is 0 Å². The second-order valence-electron chi connectivity index (χ2n) is 8.86. The minimum absolute atomic E-state index is 0.496. The minimum Gasteiger partial charge on any atom is -0.270 e. The second-order valence-corrected chi connectivity index (χ2v) is 10.2. The van der Waals surface area contributed by atoms with E-state index in [9.17, 15) is 0 Å². The van der Waals surface area contributed by atoms with Crippen molar-refractivity contribution in [2.75, 3.05) is 0 Å². The van der Waals surface area contributed by atoms with Crippen LogP contribution in [-0.4, -0.2) is 22.5 Å². The Hall–Kier alpha value is 0.0700. The molecule has 3 aliphatic carbocycles. The standard InChI is InChI=1S/C20H31IN2/c1-14-16-9-4-3-6-10-19(2)11-7-5-8-15(12-22-13-23-16)20(19)17(14)18(20)21/h12-18H,3-11H2,1-2H3/b22-12-,23-13-. The fourth-order valence-electron chi connectivity index (χ4n) is 6.62. The number of fused-ring (bicyclic) bond motifs is 1. The first-order chi connectivity index (χ1) is 11.1. The fourth-order valence-corrected chi connectivity index (χ4v) is 9.30. The summed E-state index contributed by atoms with van der Waals surface area (Å²) in [6, 6.07) is 0.498. The first-order valence-electron chi connectivity index (χ1n) is 9.80. The zero-order valence-corrected chi connectivity index (χ0v) is 16.8. The molecule has 0 aromatic heterocycles. The molecular weight excluding hydrogens is 395 g/mol. The predicted octanol–water partition coefficient (Wildman–Crippen LogP) is 5.68. The van der Waals surface area contributed by atoms with Crippen LogP contribution in [0.3, 0.4) is 0 Å². The highest BCUT2D eigenvalue weighted by molar-refractivity contribution is 14.1. The van der Waals surface area contributed by atoms with Gasteiger partial charge < -0.3 is 0 Å². The van der Waals surface area contributed by atoms with E-state index in [1.54, 1.807) is 0 Å². The number of rotatable bonds is 0. The Labute approximate surface area is 155 Å². The van der Waals surface area contributed by atoms with Crippen LogP contribution in [0.25, 0.3) is 0 Å². The summed E-state index contributed by atoms with van der Waals surface area (Å²) in [6.45, 7) is 5.15. The number of nitrogens with zero attached hydrogens (tertiary/aromatic N) is 2. The van der Waals surface area contributed by atoms with Crippen molar-refractivity contribution in [2.45, 2.75) is 81.6 Å². The van der Waals surface area contributed by atoms with Crippen molar-refractivity contribution >= 4 is 35.1 Å². The molecule has 2 bridgehead atoms. The Morgan fingerprint density at radius 2 is 1.78 bits per heavy atom. The quantitative estimate of drug-likeness (QED) is 0.352. The zero-order valence-electron chi connectivity index (χ0n) is 14.7. The number of halogens is 1. The number of aliphatic imine (C=N–C) groups is 2. The van der Waals surface area contributed by atoms with Crippen LogP contribution < -0.4 is 0 Å². The van der Waals surface area contributed by atoms with E-state index in [-0.39, 0.29) is 0 Å². The van der Waals surface area contributed by atoms with Crippen LogP contribution in [0, 0.1) is 28.6 Å². The Morgan fingerprint density at radius 3 is 2.61 bits per heavy atom. The summed E-state index contributed by atoms with van der Waals surface area (Å²) in [4.78, 5) is 9.59. The number of alkyl halides is 1. The van der Waals surface area contributed by atoms with Crippen molar-refractivity contribution in [3.05, 3.63) is 0 Å². The molecule has 0 aromatic carbocycles. The summed E-state index contributed by atoms with van der Waals surface area (Å²) < 4.78 is 0.823. The number of hydrogen-bond donors (Lipinski definition) is 0. The third-order valence-electron chi connectivity index (χ3n) is 7.86. The second kappa shape index (κ2) is 6.10. The third-order valence-corrected chi connectivity index (χ3v) is 9.66. The molecule has 0 N–H and O–H groups in total. The topological polar surface area (TPSA) is 24.7 Å². The molecule has 0 aromatic rings. The summed E-state index contributed by atoms with van der Waals surface area (Å²) in [5.74, 6) is 2.24. The molecule has 0 amide bonds. The van der Waals surface area contributed by atoms with Crippen LogP contribution in [0.2, 0.25) is 0 Å². The highest BCUT2D eigenvalue weighted by Gasteiger charge is 2.75. The van der Waals surface area contributed by atoms with Gasteiger partial charge in [-0.05, 0) is 48.3 Å². The highest BCUT2D eigenvalue weighted by atomic mass is 127. The molecule has 3 saturated carbocycles. The first-order valence-corrected chi connectivity index (χ1v) is 11.0. The lowest BCUT2D eigenvalue weighted by Gasteiger charge is -2.43. The Kier molecular flexibility index (Phi) is 4.39. The molecule has 4 aliphatic rings. The van der Waals surface area contributed by atoms with Gasteiger partial charge in [-0.3, -0.25) is 4.99 Å². The van der Waals surface area contributed by atoms with E-state index < -0.39 is 0 Å².